The van der Waals surface area contributed by atoms with Gasteiger partial charge >= 0.3 is 0 Å². The van der Waals surface area contributed by atoms with E-state index in [1.165, 1.54) is 0 Å². The van der Waals surface area contributed by atoms with Crippen molar-refractivity contribution in [3.63, 3.8) is 0 Å². The molecule has 0 bridgehead atoms. The maximum absolute atomic E-state index is 12.9. The van der Waals surface area contributed by atoms with Gasteiger partial charge in [0.15, 0.2) is 11.5 Å². The summed E-state index contributed by atoms with van der Waals surface area (Å²) in [6.07, 6.45) is 0.716. The number of benzene rings is 2. The van der Waals surface area contributed by atoms with E-state index in [-0.39, 0.29) is 18.4 Å². The minimum atomic E-state index is -0.200. The molecule has 7 heteroatoms. The van der Waals surface area contributed by atoms with Crippen LogP contribution in [-0.2, 0) is 11.3 Å². The smallest absolute Gasteiger partial charge is 0.246 e. The Morgan fingerprint density at radius 3 is 2.48 bits per heavy atom. The van der Waals surface area contributed by atoms with Crippen molar-refractivity contribution in [3.05, 3.63) is 60.0 Å². The van der Waals surface area contributed by atoms with E-state index in [0.717, 1.165) is 11.1 Å². The van der Waals surface area contributed by atoms with E-state index in [4.69, 9.17) is 14.0 Å². The van der Waals surface area contributed by atoms with Gasteiger partial charge in [0, 0.05) is 12.6 Å². The summed E-state index contributed by atoms with van der Waals surface area (Å²) in [5, 5.41) is 4.03. The van der Waals surface area contributed by atoms with Gasteiger partial charge in [-0.3, -0.25) is 4.79 Å². The second kappa shape index (κ2) is 9.23. The van der Waals surface area contributed by atoms with Gasteiger partial charge in [-0.1, -0.05) is 42.4 Å². The summed E-state index contributed by atoms with van der Waals surface area (Å²) >= 11 is 0. The van der Waals surface area contributed by atoms with Crippen molar-refractivity contribution in [1.82, 2.24) is 15.0 Å². The van der Waals surface area contributed by atoms with Crippen LogP contribution in [0.25, 0.3) is 11.4 Å². The number of carbonyl (C=O) groups is 1. The number of likely N-dealkylation sites (N-methyl/N-ethyl adjacent to an activating group) is 1. The number of rotatable bonds is 8. The number of hydrogen-bond acceptors (Lipinski definition) is 6. The Bertz CT molecular complexity index is 956. The largest absolute Gasteiger partial charge is 0.493 e. The molecule has 0 aliphatic rings. The van der Waals surface area contributed by atoms with Crippen molar-refractivity contribution in [3.8, 4) is 22.9 Å². The van der Waals surface area contributed by atoms with Gasteiger partial charge in [-0.2, -0.15) is 4.98 Å². The van der Waals surface area contributed by atoms with Crippen LogP contribution in [0.1, 0.15) is 30.7 Å². The molecular formula is C22H25N3O4. The maximum atomic E-state index is 12.9. The van der Waals surface area contributed by atoms with E-state index in [0.29, 0.717) is 29.6 Å². The molecule has 0 spiro atoms. The Balaban J connectivity index is 1.73. The zero-order valence-electron chi connectivity index (χ0n) is 17.1. The summed E-state index contributed by atoms with van der Waals surface area (Å²) in [5.41, 5.74) is 1.74. The van der Waals surface area contributed by atoms with Crippen LogP contribution in [0.5, 0.6) is 11.5 Å². The molecule has 0 N–H and O–H groups in total. The molecule has 3 aromatic rings. The summed E-state index contributed by atoms with van der Waals surface area (Å²) in [6.45, 7) is 2.24. The predicted octanol–water partition coefficient (Wildman–Crippen LogP) is 3.91. The van der Waals surface area contributed by atoms with Crippen LogP contribution in [0, 0.1) is 0 Å². The zero-order valence-corrected chi connectivity index (χ0v) is 17.1. The van der Waals surface area contributed by atoms with Gasteiger partial charge < -0.3 is 18.9 Å². The molecule has 0 radical (unpaired) electrons. The lowest BCUT2D eigenvalue weighted by Crippen LogP contribution is -2.31. The van der Waals surface area contributed by atoms with Gasteiger partial charge in [0.05, 0.1) is 26.7 Å². The van der Waals surface area contributed by atoms with Crippen LogP contribution < -0.4 is 9.47 Å². The number of amides is 1. The first-order valence-corrected chi connectivity index (χ1v) is 9.42. The van der Waals surface area contributed by atoms with E-state index >= 15 is 0 Å². The Labute approximate surface area is 170 Å². The molecule has 1 aromatic heterocycles. The lowest BCUT2D eigenvalue weighted by Gasteiger charge is -2.22. The van der Waals surface area contributed by atoms with Crippen molar-refractivity contribution in [1.29, 1.82) is 0 Å². The van der Waals surface area contributed by atoms with E-state index in [9.17, 15) is 4.79 Å². The molecule has 1 atom stereocenters. The summed E-state index contributed by atoms with van der Waals surface area (Å²) < 4.78 is 15.9. The summed E-state index contributed by atoms with van der Waals surface area (Å²) in [7, 11) is 4.89. The number of methoxy groups -OCH3 is 2. The molecule has 7 nitrogen and oxygen atoms in total. The van der Waals surface area contributed by atoms with Gasteiger partial charge in [-0.25, -0.2) is 0 Å². The maximum Gasteiger partial charge on any atom is 0.246 e. The van der Waals surface area contributed by atoms with Gasteiger partial charge in [0.25, 0.3) is 0 Å². The van der Waals surface area contributed by atoms with Gasteiger partial charge in [0.1, 0.15) is 0 Å². The number of hydrogen-bond donors (Lipinski definition) is 0. The third kappa shape index (κ3) is 4.56. The fourth-order valence-electron chi connectivity index (χ4n) is 3.20. The minimum Gasteiger partial charge on any atom is -0.493 e. The zero-order chi connectivity index (χ0) is 20.8. The van der Waals surface area contributed by atoms with E-state index in [2.05, 4.69) is 10.1 Å². The predicted molar refractivity (Wildman–Crippen MR) is 109 cm³/mol. The molecule has 29 heavy (non-hydrogen) atoms. The summed E-state index contributed by atoms with van der Waals surface area (Å²) in [4.78, 5) is 19.0. The second-order valence-electron chi connectivity index (χ2n) is 6.65. The molecular weight excluding hydrogens is 370 g/mol. The van der Waals surface area contributed by atoms with Crippen LogP contribution in [-0.4, -0.2) is 42.2 Å². The van der Waals surface area contributed by atoms with E-state index < -0.39 is 0 Å². The fourth-order valence-corrected chi connectivity index (χ4v) is 3.20. The molecule has 0 aliphatic carbocycles. The highest BCUT2D eigenvalue weighted by atomic mass is 16.5. The van der Waals surface area contributed by atoms with Crippen LogP contribution in [0.2, 0.25) is 0 Å². The molecule has 2 aromatic carbocycles. The first-order valence-electron chi connectivity index (χ1n) is 9.42. The molecule has 0 aliphatic heterocycles. The quantitative estimate of drug-likeness (QED) is 0.576. The monoisotopic (exact) mass is 395 g/mol. The van der Waals surface area contributed by atoms with Crippen molar-refractivity contribution in [2.24, 2.45) is 0 Å². The minimum absolute atomic E-state index is 0.0181. The Morgan fingerprint density at radius 1 is 1.10 bits per heavy atom. The van der Waals surface area contributed by atoms with Crippen LogP contribution in [0.15, 0.2) is 53.1 Å². The lowest BCUT2D eigenvalue weighted by atomic mass is 9.95. The molecule has 0 unspecified atom stereocenters. The molecule has 1 heterocycles. The fraction of sp³-hybridized carbons (Fsp3) is 0.318. The lowest BCUT2D eigenvalue weighted by molar-refractivity contribution is -0.132. The van der Waals surface area contributed by atoms with E-state index in [1.807, 2.05) is 43.3 Å². The van der Waals surface area contributed by atoms with Crippen molar-refractivity contribution in [2.45, 2.75) is 25.8 Å². The normalized spacial score (nSPS) is 11.7. The number of nitrogens with zero attached hydrogens (tertiary/aromatic N) is 3. The van der Waals surface area contributed by atoms with Gasteiger partial charge in [-0.05, 0) is 30.2 Å². The van der Waals surface area contributed by atoms with Crippen LogP contribution in [0.3, 0.4) is 0 Å². The molecule has 0 saturated carbocycles. The van der Waals surface area contributed by atoms with Gasteiger partial charge in [0.2, 0.25) is 17.6 Å². The van der Waals surface area contributed by atoms with Crippen LogP contribution >= 0.6 is 0 Å². The number of carbonyl (C=O) groups excluding carboxylic acids is 1. The summed E-state index contributed by atoms with van der Waals surface area (Å²) in [6, 6.07) is 15.2. The average molecular weight is 395 g/mol. The molecule has 3 rings (SSSR count). The van der Waals surface area contributed by atoms with Gasteiger partial charge in [-0.15, -0.1) is 0 Å². The summed E-state index contributed by atoms with van der Waals surface area (Å²) in [5.74, 6) is 1.82. The third-order valence-electron chi connectivity index (χ3n) is 4.77. The molecule has 0 saturated heterocycles. The number of aromatic nitrogens is 2. The molecule has 1 amide bonds. The highest BCUT2D eigenvalue weighted by molar-refractivity contribution is 5.83. The average Bonchev–Trinajstić information content (AvgIpc) is 3.22. The van der Waals surface area contributed by atoms with E-state index in [1.54, 1.807) is 38.3 Å². The Morgan fingerprint density at radius 2 is 1.83 bits per heavy atom. The standard InChI is InChI=1S/C22H25N3O4/c1-5-17(15-9-7-6-8-10-15)22(26)25(2)14-20-23-21(24-29-20)16-11-12-18(27-3)19(13-16)28-4/h6-13,17H,5,14H2,1-4H3/t17-/m1/s1. The first-order chi connectivity index (χ1) is 14.1. The van der Waals surface area contributed by atoms with Crippen molar-refractivity contribution in [2.75, 3.05) is 21.3 Å². The highest BCUT2D eigenvalue weighted by Gasteiger charge is 2.23. The molecule has 0 fully saturated rings. The van der Waals surface area contributed by atoms with Crippen molar-refractivity contribution < 1.29 is 18.8 Å². The van der Waals surface area contributed by atoms with Crippen molar-refractivity contribution >= 4 is 5.91 Å². The second-order valence-corrected chi connectivity index (χ2v) is 6.65. The molecule has 152 valence electrons. The van der Waals surface area contributed by atoms with Crippen LogP contribution in [0.4, 0.5) is 0 Å². The first kappa shape index (κ1) is 20.4. The number of ether oxygens (including phenoxy) is 2. The Kier molecular flexibility index (Phi) is 6.49. The third-order valence-corrected chi connectivity index (χ3v) is 4.77. The highest BCUT2D eigenvalue weighted by Crippen LogP contribution is 2.31. The topological polar surface area (TPSA) is 77.7 Å². The Hall–Kier alpha value is -3.35. The SMILES string of the molecule is CC[C@@H](C(=O)N(C)Cc1nc(-c2ccc(OC)c(OC)c2)no1)c1ccccc1.